The minimum Gasteiger partial charge on any atom is -0.320 e. The summed E-state index contributed by atoms with van der Waals surface area (Å²) in [5, 5.41) is 14.6. The van der Waals surface area contributed by atoms with Crippen molar-refractivity contribution in [3.05, 3.63) is 117 Å². The van der Waals surface area contributed by atoms with Gasteiger partial charge < -0.3 is 15.6 Å². The Morgan fingerprint density at radius 3 is 2.42 bits per heavy atom. The van der Waals surface area contributed by atoms with Crippen LogP contribution >= 0.6 is 0 Å². The van der Waals surface area contributed by atoms with Crippen LogP contribution in [0, 0.1) is 17.1 Å². The van der Waals surface area contributed by atoms with Gasteiger partial charge in [-0.1, -0.05) is 12.1 Å². The zero-order chi connectivity index (χ0) is 27.2. The lowest BCUT2D eigenvalue weighted by Gasteiger charge is -2.15. The van der Waals surface area contributed by atoms with Gasteiger partial charge in [0.1, 0.15) is 11.5 Å². The summed E-state index contributed by atoms with van der Waals surface area (Å²) < 4.78 is 13.3. The Bertz CT molecular complexity index is 1590. The van der Waals surface area contributed by atoms with Crippen LogP contribution in [0.5, 0.6) is 0 Å². The molecule has 0 aliphatic heterocycles. The van der Waals surface area contributed by atoms with Gasteiger partial charge in [-0.05, 0) is 79.2 Å². The summed E-state index contributed by atoms with van der Waals surface area (Å²) in [5.74, 6) is -1.15. The second kappa shape index (κ2) is 11.4. The number of aromatic nitrogens is 2. The Labute approximate surface area is 218 Å². The van der Waals surface area contributed by atoms with Gasteiger partial charge in [0.15, 0.2) is 5.78 Å². The van der Waals surface area contributed by atoms with Crippen LogP contribution in [0.4, 0.5) is 10.1 Å². The number of rotatable bonds is 8. The molecule has 190 valence electrons. The first-order chi connectivity index (χ1) is 18.3. The summed E-state index contributed by atoms with van der Waals surface area (Å²) in [4.78, 5) is 45.7. The predicted octanol–water partition coefficient (Wildman–Crippen LogP) is 3.82. The molecule has 1 atom stereocenters. The normalized spacial score (nSPS) is 11.4. The van der Waals surface area contributed by atoms with E-state index in [2.05, 4.69) is 26.7 Å². The Morgan fingerprint density at radius 2 is 1.76 bits per heavy atom. The van der Waals surface area contributed by atoms with Crippen molar-refractivity contribution in [1.82, 2.24) is 15.3 Å². The highest BCUT2D eigenvalue weighted by Gasteiger charge is 2.18. The van der Waals surface area contributed by atoms with Gasteiger partial charge >= 0.3 is 0 Å². The molecule has 0 saturated carbocycles. The first-order valence-electron chi connectivity index (χ1n) is 11.8. The number of hydrogen-bond acceptors (Lipinski definition) is 6. The number of nitrogens with zero attached hydrogens (tertiary/aromatic N) is 2. The lowest BCUT2D eigenvalue weighted by atomic mass is 9.99. The zero-order valence-electron chi connectivity index (χ0n) is 20.7. The van der Waals surface area contributed by atoms with E-state index >= 15 is 0 Å². The first-order valence-corrected chi connectivity index (χ1v) is 11.8. The van der Waals surface area contributed by atoms with Crippen LogP contribution in [-0.2, 0) is 11.2 Å². The van der Waals surface area contributed by atoms with Crippen molar-refractivity contribution in [3.8, 4) is 17.3 Å². The number of likely N-dealkylation sites (N-methyl/N-ethyl adjacent to an activating group) is 1. The monoisotopic (exact) mass is 509 g/mol. The molecule has 0 spiro atoms. The van der Waals surface area contributed by atoms with E-state index in [9.17, 15) is 18.8 Å². The van der Waals surface area contributed by atoms with E-state index in [0.29, 0.717) is 39.1 Å². The number of carbonyl (C=O) groups is 2. The minimum atomic E-state index is -0.543. The molecule has 3 N–H and O–H groups in total. The summed E-state index contributed by atoms with van der Waals surface area (Å²) in [6.07, 6.45) is 3.19. The molecule has 0 saturated heterocycles. The minimum absolute atomic E-state index is 0.0877. The van der Waals surface area contributed by atoms with Gasteiger partial charge in [-0.2, -0.15) is 5.26 Å². The molecule has 8 nitrogen and oxygen atoms in total. The first kappa shape index (κ1) is 26.1. The van der Waals surface area contributed by atoms with Crippen molar-refractivity contribution in [2.24, 2.45) is 0 Å². The van der Waals surface area contributed by atoms with Crippen LogP contribution < -0.4 is 16.2 Å². The SMILES string of the molecule is CN[C@@H](C)C(=O)Nc1c(Cc2cncc(C(=O)c3ccc(F)cc3)c2)cc(-c2ccc(C#N)cc2)[nH]c1=O. The van der Waals surface area contributed by atoms with Crippen LogP contribution in [0.15, 0.2) is 77.9 Å². The van der Waals surface area contributed by atoms with E-state index in [1.807, 2.05) is 0 Å². The van der Waals surface area contributed by atoms with Crippen molar-refractivity contribution >= 4 is 17.4 Å². The number of carbonyl (C=O) groups excluding carboxylic acids is 2. The zero-order valence-corrected chi connectivity index (χ0v) is 20.7. The average molecular weight is 510 g/mol. The number of H-pyrrole nitrogens is 1. The van der Waals surface area contributed by atoms with E-state index in [4.69, 9.17) is 5.26 Å². The molecule has 0 unspecified atom stereocenters. The summed E-state index contributed by atoms with van der Waals surface area (Å²) in [6.45, 7) is 1.67. The van der Waals surface area contributed by atoms with Gasteiger partial charge in [0.2, 0.25) is 5.91 Å². The molecular formula is C29H24FN5O3. The van der Waals surface area contributed by atoms with E-state index in [1.165, 1.54) is 30.5 Å². The highest BCUT2D eigenvalue weighted by atomic mass is 19.1. The van der Waals surface area contributed by atoms with Crippen molar-refractivity contribution in [2.75, 3.05) is 12.4 Å². The highest BCUT2D eigenvalue weighted by molar-refractivity contribution is 6.08. The molecule has 0 radical (unpaired) electrons. The van der Waals surface area contributed by atoms with Crippen LogP contribution in [0.2, 0.25) is 0 Å². The molecule has 2 aromatic heterocycles. The van der Waals surface area contributed by atoms with E-state index in [-0.39, 0.29) is 23.8 Å². The topological polar surface area (TPSA) is 128 Å². The van der Waals surface area contributed by atoms with Gasteiger partial charge in [0, 0.05) is 35.6 Å². The molecule has 0 aliphatic carbocycles. The fraction of sp³-hybridized carbons (Fsp3) is 0.138. The number of pyridine rings is 2. The third-order valence-corrected chi connectivity index (χ3v) is 6.07. The Morgan fingerprint density at radius 1 is 1.05 bits per heavy atom. The number of nitrogens with one attached hydrogen (secondary N) is 3. The molecule has 2 aromatic carbocycles. The van der Waals surface area contributed by atoms with Crippen LogP contribution in [-0.4, -0.2) is 34.7 Å². The van der Waals surface area contributed by atoms with Crippen LogP contribution in [0.3, 0.4) is 0 Å². The van der Waals surface area contributed by atoms with Gasteiger partial charge in [-0.25, -0.2) is 4.39 Å². The van der Waals surface area contributed by atoms with Crippen molar-refractivity contribution in [2.45, 2.75) is 19.4 Å². The summed E-state index contributed by atoms with van der Waals surface area (Å²) in [6, 6.07) is 16.9. The highest BCUT2D eigenvalue weighted by Crippen LogP contribution is 2.24. The maximum atomic E-state index is 13.3. The summed E-state index contributed by atoms with van der Waals surface area (Å²) in [7, 11) is 1.64. The number of hydrogen-bond donors (Lipinski definition) is 3. The van der Waals surface area contributed by atoms with E-state index in [0.717, 1.165) is 0 Å². The van der Waals surface area contributed by atoms with Gasteiger partial charge in [0.25, 0.3) is 5.56 Å². The molecule has 9 heteroatoms. The molecule has 2 heterocycles. The molecule has 4 aromatic rings. The van der Waals surface area contributed by atoms with Crippen LogP contribution in [0.25, 0.3) is 11.3 Å². The quantitative estimate of drug-likeness (QED) is 0.310. The van der Waals surface area contributed by atoms with E-state index < -0.39 is 17.4 Å². The summed E-state index contributed by atoms with van der Waals surface area (Å²) >= 11 is 0. The molecule has 0 aliphatic rings. The fourth-order valence-electron chi connectivity index (χ4n) is 3.83. The van der Waals surface area contributed by atoms with Gasteiger partial charge in [0.05, 0.1) is 17.7 Å². The molecule has 0 bridgehead atoms. The average Bonchev–Trinajstić information content (AvgIpc) is 2.94. The van der Waals surface area contributed by atoms with Crippen molar-refractivity contribution in [3.63, 3.8) is 0 Å². The Kier molecular flexibility index (Phi) is 7.85. The Balaban J connectivity index is 1.73. The lowest BCUT2D eigenvalue weighted by Crippen LogP contribution is -2.37. The lowest BCUT2D eigenvalue weighted by molar-refractivity contribution is -0.117. The van der Waals surface area contributed by atoms with E-state index in [1.54, 1.807) is 56.6 Å². The Hall–Kier alpha value is -4.94. The fourth-order valence-corrected chi connectivity index (χ4v) is 3.83. The maximum Gasteiger partial charge on any atom is 0.272 e. The van der Waals surface area contributed by atoms with Gasteiger partial charge in [-0.3, -0.25) is 19.4 Å². The number of nitriles is 1. The second-order valence-electron chi connectivity index (χ2n) is 8.70. The molecule has 0 fully saturated rings. The number of aromatic amines is 1. The smallest absolute Gasteiger partial charge is 0.272 e. The molecular weight excluding hydrogens is 485 g/mol. The third kappa shape index (κ3) is 5.88. The predicted molar refractivity (Wildman–Crippen MR) is 141 cm³/mol. The number of amides is 1. The maximum absolute atomic E-state index is 13.3. The van der Waals surface area contributed by atoms with Crippen LogP contribution in [0.1, 0.15) is 39.5 Å². The third-order valence-electron chi connectivity index (χ3n) is 6.07. The van der Waals surface area contributed by atoms with Gasteiger partial charge in [-0.15, -0.1) is 0 Å². The number of halogens is 1. The number of ketones is 1. The standard InChI is InChI=1S/C29H24FN5O3/c1-17(32-2)28(37)35-26-22(13-25(34-29(26)38)20-5-3-18(14-31)4-6-20)11-19-12-23(16-33-15-19)27(36)21-7-9-24(30)10-8-21/h3-10,12-13,15-17,32H,11H2,1-2H3,(H,34,38)(H,35,37)/t17-/m0/s1. The molecule has 1 amide bonds. The second-order valence-corrected chi connectivity index (χ2v) is 8.70. The summed E-state index contributed by atoms with van der Waals surface area (Å²) in [5.41, 5.74) is 3.02. The molecule has 4 rings (SSSR count). The number of benzene rings is 2. The number of anilines is 1. The molecule has 38 heavy (non-hydrogen) atoms. The van der Waals surface area contributed by atoms with Crippen molar-refractivity contribution < 1.29 is 14.0 Å². The van der Waals surface area contributed by atoms with Crippen molar-refractivity contribution in [1.29, 1.82) is 5.26 Å². The largest absolute Gasteiger partial charge is 0.320 e.